The second-order valence-electron chi connectivity index (χ2n) is 12.1. The van der Waals surface area contributed by atoms with Gasteiger partial charge in [0.25, 0.3) is 0 Å². The van der Waals surface area contributed by atoms with Crippen LogP contribution in [0.1, 0.15) is 22.3 Å². The number of nitrogens with zero attached hydrogens (tertiary/aromatic N) is 2. The van der Waals surface area contributed by atoms with Crippen LogP contribution in [-0.2, 0) is 0 Å². The maximum absolute atomic E-state index is 8.75. The number of hydrogen-bond acceptors (Lipinski definition) is 12. The van der Waals surface area contributed by atoms with E-state index in [9.17, 15) is 0 Å². The van der Waals surface area contributed by atoms with Crippen LogP contribution in [0.3, 0.4) is 0 Å². The number of methoxy groups -OCH3 is 4. The summed E-state index contributed by atoms with van der Waals surface area (Å²) in [6.07, 6.45) is 14.0. The van der Waals surface area contributed by atoms with Crippen molar-refractivity contribution in [2.75, 3.05) is 39.9 Å². The number of ether oxygens (including phenoxy) is 4. The number of pyridine rings is 2. The fraction of sp³-hybridized carbons (Fsp3) is 0.0909. The molecule has 0 fully saturated rings. The van der Waals surface area contributed by atoms with Crippen molar-refractivity contribution < 1.29 is 18.9 Å². The van der Waals surface area contributed by atoms with Gasteiger partial charge in [-0.05, 0) is 59.7 Å². The van der Waals surface area contributed by atoms with Gasteiger partial charge in [-0.15, -0.1) is 0 Å². The number of aromatic nitrogens is 2. The maximum atomic E-state index is 8.75. The van der Waals surface area contributed by atoms with E-state index in [-0.39, 0.29) is 22.8 Å². The number of nitrogens with two attached hydrogens (primary N) is 2. The van der Waals surface area contributed by atoms with E-state index in [2.05, 4.69) is 9.97 Å². The van der Waals surface area contributed by atoms with Crippen molar-refractivity contribution in [1.82, 2.24) is 9.97 Å². The summed E-state index contributed by atoms with van der Waals surface area (Å²) in [6, 6.07) is 25.3. The third-order valence-corrected chi connectivity index (χ3v) is 8.73. The van der Waals surface area contributed by atoms with Gasteiger partial charge in [0.05, 0.1) is 51.3 Å². The summed E-state index contributed by atoms with van der Waals surface area (Å²) in [4.78, 5) is 7.53. The first kappa shape index (κ1) is 39.6. The quantitative estimate of drug-likeness (QED) is 0.0853. The van der Waals surface area contributed by atoms with E-state index in [4.69, 9.17) is 52.1 Å². The van der Waals surface area contributed by atoms with E-state index < -0.39 is 0 Å². The summed E-state index contributed by atoms with van der Waals surface area (Å²) in [5, 5.41) is 35.0. The average molecular weight is 747 g/mol. The molecular weight excluding hydrogens is 705 g/mol. The minimum absolute atomic E-state index is 0.0943. The standard InChI is InChI=1S/C34H30N4O4.2C5H6N2/c1-39-21-9-11-25(29(17-21)41-3)27-15-13-23(31(35)33(27)37)19-5-7-20(8-6-19)24-14-16-28(34(38)32(24)36)26-12-10-22(40-2)18-30(26)42-4;2*6-5-1-3-7-4-2-5/h5-18,35-38H,1-4H3;2*1-4H,(H2,6,7). The van der Waals surface area contributed by atoms with Gasteiger partial charge >= 0.3 is 0 Å². The van der Waals surface area contributed by atoms with Gasteiger partial charge in [-0.25, -0.2) is 0 Å². The van der Waals surface area contributed by atoms with Crippen molar-refractivity contribution in [2.45, 2.75) is 0 Å². The molecule has 0 saturated heterocycles. The van der Waals surface area contributed by atoms with Crippen LogP contribution in [0, 0.1) is 21.6 Å². The Bertz CT molecular complexity index is 2220. The zero-order chi connectivity index (χ0) is 40.2. The predicted molar refractivity (Wildman–Crippen MR) is 226 cm³/mol. The smallest absolute Gasteiger partial charge is 0.130 e. The summed E-state index contributed by atoms with van der Waals surface area (Å²) in [5.74, 6) is 2.42. The van der Waals surface area contributed by atoms with Crippen LogP contribution in [0.25, 0.3) is 22.3 Å². The molecule has 12 nitrogen and oxygen atoms in total. The number of hydrogen-bond donors (Lipinski definition) is 6. The fourth-order valence-electron chi connectivity index (χ4n) is 5.73. The van der Waals surface area contributed by atoms with Crippen molar-refractivity contribution in [3.8, 4) is 23.0 Å². The van der Waals surface area contributed by atoms with Gasteiger partial charge in [0.15, 0.2) is 0 Å². The van der Waals surface area contributed by atoms with Crippen LogP contribution in [-0.4, -0.2) is 61.3 Å². The van der Waals surface area contributed by atoms with Gasteiger partial charge in [-0.3, -0.25) is 31.6 Å². The topological polar surface area (TPSA) is 210 Å². The Kier molecular flexibility index (Phi) is 13.0. The summed E-state index contributed by atoms with van der Waals surface area (Å²) in [5.41, 5.74) is 18.0. The molecule has 282 valence electrons. The third-order valence-electron chi connectivity index (χ3n) is 8.73. The van der Waals surface area contributed by atoms with Gasteiger partial charge in [0.1, 0.15) is 23.0 Å². The number of allylic oxidation sites excluding steroid dienone is 8. The van der Waals surface area contributed by atoms with Gasteiger partial charge in [-0.1, -0.05) is 48.6 Å². The van der Waals surface area contributed by atoms with Crippen molar-refractivity contribution in [1.29, 1.82) is 21.6 Å². The van der Waals surface area contributed by atoms with Gasteiger partial charge < -0.3 is 30.4 Å². The second-order valence-corrected chi connectivity index (χ2v) is 12.1. The normalized spacial score (nSPS) is 13.4. The molecule has 12 heteroatoms. The van der Waals surface area contributed by atoms with Crippen LogP contribution in [0.2, 0.25) is 0 Å². The highest BCUT2D eigenvalue weighted by Crippen LogP contribution is 2.37. The number of nitrogen functional groups attached to an aromatic ring is 2. The summed E-state index contributed by atoms with van der Waals surface area (Å²) >= 11 is 0. The molecule has 2 aliphatic rings. The zero-order valence-electron chi connectivity index (χ0n) is 31.4. The lowest BCUT2D eigenvalue weighted by molar-refractivity contribution is 0.393. The Hall–Kier alpha value is -7.60. The number of rotatable bonds is 8. The summed E-state index contributed by atoms with van der Waals surface area (Å²) in [6.45, 7) is 0. The zero-order valence-corrected chi connectivity index (χ0v) is 31.4. The number of benzene rings is 3. The van der Waals surface area contributed by atoms with Crippen LogP contribution in [0.4, 0.5) is 11.4 Å². The molecule has 0 spiro atoms. The molecule has 0 unspecified atom stereocenters. The Morgan fingerprint density at radius 1 is 0.411 bits per heavy atom. The van der Waals surface area contributed by atoms with Gasteiger partial charge in [0.2, 0.25) is 0 Å². The van der Waals surface area contributed by atoms with Crippen molar-refractivity contribution in [2.24, 2.45) is 0 Å². The first-order valence-corrected chi connectivity index (χ1v) is 17.2. The number of nitrogens with one attached hydrogen (secondary N) is 4. The Balaban J connectivity index is 0.000000357. The first-order valence-electron chi connectivity index (χ1n) is 17.2. The van der Waals surface area contributed by atoms with Crippen LogP contribution < -0.4 is 30.4 Å². The molecule has 8 N–H and O–H groups in total. The molecule has 2 aromatic heterocycles. The first-order chi connectivity index (χ1) is 27.1. The molecule has 0 saturated carbocycles. The molecule has 0 bridgehead atoms. The highest BCUT2D eigenvalue weighted by Gasteiger charge is 2.26. The fourth-order valence-corrected chi connectivity index (χ4v) is 5.73. The number of anilines is 2. The molecule has 5 aromatic rings. The van der Waals surface area contributed by atoms with Gasteiger partial charge in [-0.2, -0.15) is 0 Å². The van der Waals surface area contributed by atoms with Crippen LogP contribution in [0.15, 0.2) is 134 Å². The second kappa shape index (κ2) is 18.4. The molecule has 3 aromatic carbocycles. The van der Waals surface area contributed by atoms with E-state index in [1.807, 2.05) is 60.7 Å². The van der Waals surface area contributed by atoms with E-state index in [0.717, 1.165) is 22.5 Å². The summed E-state index contributed by atoms with van der Waals surface area (Å²) < 4.78 is 21.6. The maximum Gasteiger partial charge on any atom is 0.130 e. The lowest BCUT2D eigenvalue weighted by Gasteiger charge is -2.21. The highest BCUT2D eigenvalue weighted by molar-refractivity contribution is 6.69. The monoisotopic (exact) mass is 746 g/mol. The molecule has 2 aliphatic carbocycles. The van der Waals surface area contributed by atoms with Crippen molar-refractivity contribution >= 4 is 56.5 Å². The van der Waals surface area contributed by atoms with E-state index in [1.165, 1.54) is 0 Å². The average Bonchev–Trinajstić information content (AvgIpc) is 3.23. The molecular formula is C44H42N8O4. The Morgan fingerprint density at radius 2 is 0.732 bits per heavy atom. The SMILES string of the molecule is COc1ccc(C2=CC=C(c3ccc(C4=CC=C(c5ccc(OC)cc5OC)C(=N)C4=N)cc3)C(=N)C2=N)c(OC)c1.Nc1ccncc1.Nc1ccncc1. The Morgan fingerprint density at radius 3 is 1.02 bits per heavy atom. The molecule has 0 aliphatic heterocycles. The Labute approximate surface area is 325 Å². The van der Waals surface area contributed by atoms with E-state index >= 15 is 0 Å². The minimum Gasteiger partial charge on any atom is -0.497 e. The van der Waals surface area contributed by atoms with E-state index in [0.29, 0.717) is 56.4 Å². The predicted octanol–water partition coefficient (Wildman–Crippen LogP) is 8.09. The lowest BCUT2D eigenvalue weighted by Crippen LogP contribution is -2.20. The largest absolute Gasteiger partial charge is 0.497 e. The highest BCUT2D eigenvalue weighted by atomic mass is 16.5. The minimum atomic E-state index is 0.0943. The molecule has 0 radical (unpaired) electrons. The third kappa shape index (κ3) is 9.12. The van der Waals surface area contributed by atoms with Crippen molar-refractivity contribution in [3.63, 3.8) is 0 Å². The summed E-state index contributed by atoms with van der Waals surface area (Å²) in [7, 11) is 6.29. The van der Waals surface area contributed by atoms with Crippen LogP contribution >= 0.6 is 0 Å². The van der Waals surface area contributed by atoms with Gasteiger partial charge in [0, 0.05) is 81.7 Å². The molecule has 2 heterocycles. The van der Waals surface area contributed by atoms with Crippen molar-refractivity contribution in [3.05, 3.63) is 156 Å². The molecule has 7 rings (SSSR count). The van der Waals surface area contributed by atoms with Crippen LogP contribution in [0.5, 0.6) is 23.0 Å². The molecule has 56 heavy (non-hydrogen) atoms. The van der Waals surface area contributed by atoms with E-state index in [1.54, 1.807) is 102 Å². The molecule has 0 atom stereocenters. The lowest BCUT2D eigenvalue weighted by atomic mass is 9.84. The molecule has 0 amide bonds.